The highest BCUT2D eigenvalue weighted by Crippen LogP contribution is 2.26. The van der Waals surface area contributed by atoms with E-state index < -0.39 is 5.97 Å². The number of aromatic nitrogens is 5. The average molecular weight is 398 g/mol. The van der Waals surface area contributed by atoms with Gasteiger partial charge in [0.25, 0.3) is 0 Å². The van der Waals surface area contributed by atoms with Crippen LogP contribution in [0.15, 0.2) is 36.9 Å². The number of hydrogen-bond donors (Lipinski definition) is 0. The molecule has 3 heterocycles. The number of carbonyl (C=O) groups excluding carboxylic acids is 1. The molecule has 0 aliphatic rings. The molecule has 0 N–H and O–H groups in total. The van der Waals surface area contributed by atoms with Gasteiger partial charge in [-0.2, -0.15) is 5.10 Å². The molecule has 144 valence electrons. The fourth-order valence-corrected chi connectivity index (χ4v) is 3.61. The summed E-state index contributed by atoms with van der Waals surface area (Å²) in [5.41, 5.74) is 3.80. The number of esters is 1. The van der Waals surface area contributed by atoms with Gasteiger partial charge in [0.15, 0.2) is 5.65 Å². The maximum atomic E-state index is 11.7. The molecule has 0 atom stereocenters. The van der Waals surface area contributed by atoms with Gasteiger partial charge in [-0.25, -0.2) is 14.8 Å². The zero-order valence-corrected chi connectivity index (χ0v) is 16.6. The molecular weight excluding hydrogens is 378 g/mol. The molecule has 8 heteroatoms. The summed E-state index contributed by atoms with van der Waals surface area (Å²) in [7, 11) is 1.34. The van der Waals surface area contributed by atoms with Gasteiger partial charge in [0.05, 0.1) is 37.3 Å². The second-order valence-corrected chi connectivity index (χ2v) is 7.59. The van der Waals surface area contributed by atoms with E-state index in [-0.39, 0.29) is 0 Å². The summed E-state index contributed by atoms with van der Waals surface area (Å²) in [5, 5.41) is 6.21. The van der Waals surface area contributed by atoms with Crippen LogP contribution in [0.5, 0.6) is 0 Å². The molecule has 7 nitrogen and oxygen atoms in total. The highest BCUT2D eigenvalue weighted by atomic mass is 35.5. The molecule has 0 fully saturated rings. The van der Waals surface area contributed by atoms with E-state index in [4.69, 9.17) is 16.3 Å². The number of rotatable bonds is 5. The Hall–Kier alpha value is -2.93. The molecule has 0 saturated heterocycles. The van der Waals surface area contributed by atoms with Gasteiger partial charge in [0.1, 0.15) is 5.52 Å². The number of benzene rings is 1. The first kappa shape index (κ1) is 18.4. The van der Waals surface area contributed by atoms with Crippen molar-refractivity contribution >= 4 is 39.6 Å². The molecule has 1 aromatic carbocycles. The molecule has 0 aliphatic carbocycles. The fourth-order valence-electron chi connectivity index (χ4n) is 3.36. The van der Waals surface area contributed by atoms with Crippen molar-refractivity contribution in [3.8, 4) is 0 Å². The van der Waals surface area contributed by atoms with Crippen LogP contribution in [0.25, 0.3) is 22.1 Å². The molecule has 0 bridgehead atoms. The number of ether oxygens (including phenoxy) is 1. The van der Waals surface area contributed by atoms with Gasteiger partial charge in [-0.3, -0.25) is 4.68 Å². The van der Waals surface area contributed by atoms with Crippen LogP contribution in [0.3, 0.4) is 0 Å². The topological polar surface area (TPSA) is 74.8 Å². The lowest BCUT2D eigenvalue weighted by atomic mass is 10.1. The first-order chi connectivity index (χ1) is 13.5. The molecule has 0 spiro atoms. The lowest BCUT2D eigenvalue weighted by Gasteiger charge is -2.12. The van der Waals surface area contributed by atoms with Crippen LogP contribution in [-0.4, -0.2) is 37.4 Å². The summed E-state index contributed by atoms with van der Waals surface area (Å²) in [4.78, 5) is 20.5. The molecule has 4 aromatic rings. The summed E-state index contributed by atoms with van der Waals surface area (Å²) in [6.07, 6.45) is 5.07. The smallest absolute Gasteiger partial charge is 0.339 e. The van der Waals surface area contributed by atoms with Crippen LogP contribution in [0, 0.1) is 5.92 Å². The van der Waals surface area contributed by atoms with Gasteiger partial charge in [-0.15, -0.1) is 0 Å². The first-order valence-corrected chi connectivity index (χ1v) is 9.37. The third-order valence-electron chi connectivity index (χ3n) is 4.53. The largest absolute Gasteiger partial charge is 0.465 e. The number of carbonyl (C=O) groups is 1. The molecule has 28 heavy (non-hydrogen) atoms. The van der Waals surface area contributed by atoms with Gasteiger partial charge in [-0.05, 0) is 29.7 Å². The Morgan fingerprint density at radius 1 is 1.21 bits per heavy atom. The average Bonchev–Trinajstić information content (AvgIpc) is 3.24. The van der Waals surface area contributed by atoms with E-state index in [0.29, 0.717) is 34.2 Å². The summed E-state index contributed by atoms with van der Waals surface area (Å²) < 4.78 is 8.71. The zero-order valence-electron chi connectivity index (χ0n) is 15.9. The maximum Gasteiger partial charge on any atom is 0.339 e. The van der Waals surface area contributed by atoms with Gasteiger partial charge >= 0.3 is 5.97 Å². The van der Waals surface area contributed by atoms with Crippen molar-refractivity contribution in [2.45, 2.75) is 26.9 Å². The first-order valence-electron chi connectivity index (χ1n) is 8.99. The Bertz CT molecular complexity index is 1180. The highest BCUT2D eigenvalue weighted by Gasteiger charge is 2.15. The molecule has 0 saturated carbocycles. The van der Waals surface area contributed by atoms with Crippen LogP contribution in [0.2, 0.25) is 5.02 Å². The van der Waals surface area contributed by atoms with Crippen molar-refractivity contribution in [3.05, 3.63) is 53.1 Å². The number of fused-ring (bicyclic) bond motifs is 2. The maximum absolute atomic E-state index is 11.7. The van der Waals surface area contributed by atoms with E-state index in [1.54, 1.807) is 12.4 Å². The fraction of sp³-hybridized carbons (Fsp3) is 0.300. The molecule has 0 amide bonds. The van der Waals surface area contributed by atoms with Gasteiger partial charge in [-0.1, -0.05) is 25.4 Å². The number of hydrogen-bond acceptors (Lipinski definition) is 5. The summed E-state index contributed by atoms with van der Waals surface area (Å²) >= 11 is 6.34. The number of methoxy groups -OCH3 is 1. The minimum Gasteiger partial charge on any atom is -0.465 e. The van der Waals surface area contributed by atoms with Crippen molar-refractivity contribution in [2.24, 2.45) is 5.92 Å². The predicted octanol–water partition coefficient (Wildman–Crippen LogP) is 3.93. The molecule has 0 unspecified atom stereocenters. The minimum absolute atomic E-state index is 0.375. The third kappa shape index (κ3) is 3.33. The Labute approximate surface area is 166 Å². The number of imidazole rings is 1. The van der Waals surface area contributed by atoms with Gasteiger partial charge < -0.3 is 9.30 Å². The second-order valence-electron chi connectivity index (χ2n) is 7.15. The van der Waals surface area contributed by atoms with Crippen molar-refractivity contribution in [1.29, 1.82) is 0 Å². The molecule has 0 radical (unpaired) electrons. The number of halogens is 1. The summed E-state index contributed by atoms with van der Waals surface area (Å²) in [6.45, 7) is 5.69. The van der Waals surface area contributed by atoms with Crippen LogP contribution in [0.4, 0.5) is 0 Å². The van der Waals surface area contributed by atoms with Crippen molar-refractivity contribution in [3.63, 3.8) is 0 Å². The lowest BCUT2D eigenvalue weighted by molar-refractivity contribution is 0.0600. The van der Waals surface area contributed by atoms with Crippen molar-refractivity contribution in [1.82, 2.24) is 24.3 Å². The lowest BCUT2D eigenvalue weighted by Crippen LogP contribution is -2.09. The Kier molecular flexibility index (Phi) is 4.77. The van der Waals surface area contributed by atoms with E-state index in [0.717, 1.165) is 23.0 Å². The van der Waals surface area contributed by atoms with E-state index in [1.165, 1.54) is 13.3 Å². The van der Waals surface area contributed by atoms with E-state index in [1.807, 2.05) is 27.6 Å². The minimum atomic E-state index is -0.432. The Morgan fingerprint density at radius 2 is 2.04 bits per heavy atom. The van der Waals surface area contributed by atoms with Crippen LogP contribution in [-0.2, 0) is 17.8 Å². The predicted molar refractivity (Wildman–Crippen MR) is 108 cm³/mol. The summed E-state index contributed by atoms with van der Waals surface area (Å²) in [5.74, 6) is 0.0391. The van der Waals surface area contributed by atoms with E-state index in [9.17, 15) is 4.79 Å². The SMILES string of the molecule is COC(=O)c1cnc2c(c1)ncn2Cc1cc(Cl)cc2cnn(CC(C)C)c12. The van der Waals surface area contributed by atoms with Crippen LogP contribution >= 0.6 is 11.6 Å². The Balaban J connectivity index is 1.77. The quantitative estimate of drug-likeness (QED) is 0.477. The van der Waals surface area contributed by atoms with Crippen molar-refractivity contribution < 1.29 is 9.53 Å². The standard InChI is InChI=1S/C20H20ClN5O2/c1-12(2)9-26-18-13(8-24-26)4-16(21)5-15(18)10-25-11-23-17-6-14(20(27)28-3)7-22-19(17)25/h4-8,11-12H,9-10H2,1-3H3. The molecule has 0 aliphatic heterocycles. The molecular formula is C20H20ClN5O2. The second kappa shape index (κ2) is 7.24. The van der Waals surface area contributed by atoms with Gasteiger partial charge in [0.2, 0.25) is 0 Å². The Morgan fingerprint density at radius 3 is 2.79 bits per heavy atom. The van der Waals surface area contributed by atoms with E-state index in [2.05, 4.69) is 28.9 Å². The van der Waals surface area contributed by atoms with E-state index >= 15 is 0 Å². The van der Waals surface area contributed by atoms with Gasteiger partial charge in [0, 0.05) is 23.2 Å². The zero-order chi connectivity index (χ0) is 19.8. The monoisotopic (exact) mass is 397 g/mol. The highest BCUT2D eigenvalue weighted by molar-refractivity contribution is 6.31. The third-order valence-corrected chi connectivity index (χ3v) is 4.75. The normalized spacial score (nSPS) is 11.6. The van der Waals surface area contributed by atoms with Crippen LogP contribution in [0.1, 0.15) is 29.8 Å². The van der Waals surface area contributed by atoms with Crippen molar-refractivity contribution in [2.75, 3.05) is 7.11 Å². The number of nitrogens with zero attached hydrogens (tertiary/aromatic N) is 5. The summed E-state index contributed by atoms with van der Waals surface area (Å²) in [6, 6.07) is 5.56. The number of pyridine rings is 1. The molecule has 4 rings (SSSR count). The van der Waals surface area contributed by atoms with Crippen LogP contribution < -0.4 is 0 Å². The molecule has 3 aromatic heterocycles.